The Morgan fingerprint density at radius 2 is 1.50 bits per heavy atom. The zero-order valence-electron chi connectivity index (χ0n) is 17.7. The number of hydrogen-bond acceptors (Lipinski definition) is 2. The summed E-state index contributed by atoms with van der Waals surface area (Å²) in [5.41, 5.74) is -5.37. The molecular formula is C19H13B3ClF8NO2. The molecule has 0 saturated heterocycles. The average Bonchev–Trinajstić information content (AvgIpc) is 2.68. The maximum absolute atomic E-state index is 14.4. The van der Waals surface area contributed by atoms with Gasteiger partial charge >= 0.3 is 18.4 Å². The lowest BCUT2D eigenvalue weighted by Gasteiger charge is -2.37. The van der Waals surface area contributed by atoms with Crippen molar-refractivity contribution in [2.24, 2.45) is 0 Å². The Kier molecular flexibility index (Phi) is 9.16. The van der Waals surface area contributed by atoms with Crippen molar-refractivity contribution >= 4 is 46.9 Å². The minimum Gasteiger partial charge on any atom is -0.409 e. The van der Waals surface area contributed by atoms with Crippen molar-refractivity contribution in [3.8, 4) is 5.75 Å². The van der Waals surface area contributed by atoms with Crippen molar-refractivity contribution < 1.29 is 44.7 Å². The van der Waals surface area contributed by atoms with Gasteiger partial charge in [-0.2, -0.15) is 26.3 Å². The van der Waals surface area contributed by atoms with E-state index in [0.717, 1.165) is 6.92 Å². The summed E-state index contributed by atoms with van der Waals surface area (Å²) in [7, 11) is 16.1. The second-order valence-electron chi connectivity index (χ2n) is 6.45. The molecule has 0 saturated carbocycles. The molecule has 0 bridgehead atoms. The fourth-order valence-corrected chi connectivity index (χ4v) is 2.73. The van der Waals surface area contributed by atoms with Crippen molar-refractivity contribution in [1.29, 1.82) is 0 Å². The molecule has 34 heavy (non-hydrogen) atoms. The van der Waals surface area contributed by atoms with Crippen LogP contribution in [0.25, 0.3) is 0 Å². The largest absolute Gasteiger partial charge is 0.420 e. The smallest absolute Gasteiger partial charge is 0.409 e. The van der Waals surface area contributed by atoms with Crippen LogP contribution in [0.3, 0.4) is 0 Å². The summed E-state index contributed by atoms with van der Waals surface area (Å²) in [6.45, 7) is 4.80. The standard InChI is InChI=1S/C17H7B3ClF8NO2.C2H6/c1-6-4-7(15(24,25)26)5-8(16(27,28)29)13(6)32-14(31)30(17(18,19)20)10-3-2-9(22)11(21)12(10)23;1-2/h2-5H,1H3;1-2H3. The first kappa shape index (κ1) is 29.7. The Hall–Kier alpha value is -2.37. The Morgan fingerprint density at radius 1 is 0.971 bits per heavy atom. The van der Waals surface area contributed by atoms with Crippen molar-refractivity contribution in [2.45, 2.75) is 38.4 Å². The number of nitrogens with zero attached hydrogens (tertiary/aromatic N) is 1. The third-order valence-electron chi connectivity index (χ3n) is 3.92. The van der Waals surface area contributed by atoms with Crippen molar-refractivity contribution in [2.75, 3.05) is 4.90 Å². The van der Waals surface area contributed by atoms with Gasteiger partial charge in [0.25, 0.3) is 0 Å². The van der Waals surface area contributed by atoms with Crippen LogP contribution in [0.5, 0.6) is 5.75 Å². The lowest BCUT2D eigenvalue weighted by atomic mass is 9.48. The van der Waals surface area contributed by atoms with Crippen LogP contribution in [0.2, 0.25) is 5.02 Å². The predicted molar refractivity (Wildman–Crippen MR) is 112 cm³/mol. The first-order valence-electron chi connectivity index (χ1n) is 9.17. The van der Waals surface area contributed by atoms with Gasteiger partial charge in [0.05, 0.1) is 40.4 Å². The zero-order chi connectivity index (χ0) is 26.8. The highest BCUT2D eigenvalue weighted by Gasteiger charge is 2.41. The van der Waals surface area contributed by atoms with Crippen molar-refractivity contribution in [3.05, 3.63) is 57.6 Å². The number of aryl methyl sites for hydroxylation is 1. The van der Waals surface area contributed by atoms with E-state index in [2.05, 4.69) is 4.74 Å². The molecule has 0 heterocycles. The molecule has 2 rings (SSSR count). The number of rotatable bonds is 3. The Balaban J connectivity index is 0.00000281. The van der Waals surface area contributed by atoms with Crippen LogP contribution < -0.4 is 9.64 Å². The van der Waals surface area contributed by atoms with Crippen LogP contribution in [0.4, 0.5) is 45.6 Å². The molecule has 0 N–H and O–H groups in total. The molecule has 0 atom stereocenters. The minimum absolute atomic E-state index is 0.0923. The second-order valence-corrected chi connectivity index (χ2v) is 6.83. The molecule has 178 valence electrons. The molecule has 3 nitrogen and oxygen atoms in total. The normalized spacial score (nSPS) is 12.0. The molecule has 0 unspecified atom stereocenters. The predicted octanol–water partition coefficient (Wildman–Crippen LogP) is 6.11. The number of benzene rings is 2. The molecule has 0 spiro atoms. The van der Waals surface area contributed by atoms with Crippen LogP contribution in [0.15, 0.2) is 24.3 Å². The summed E-state index contributed by atoms with van der Waals surface area (Å²) >= 11 is 5.41. The Labute approximate surface area is 198 Å². The van der Waals surface area contributed by atoms with E-state index in [4.69, 9.17) is 35.1 Å². The highest BCUT2D eigenvalue weighted by molar-refractivity contribution is 6.62. The van der Waals surface area contributed by atoms with Crippen LogP contribution in [-0.4, -0.2) is 34.9 Å². The molecule has 6 radical (unpaired) electrons. The van der Waals surface area contributed by atoms with Crippen LogP contribution >= 0.6 is 11.6 Å². The summed E-state index contributed by atoms with van der Waals surface area (Å²) in [6.07, 6.45) is -12.5. The van der Waals surface area contributed by atoms with Gasteiger partial charge in [0.15, 0.2) is 5.82 Å². The van der Waals surface area contributed by atoms with Crippen LogP contribution in [0.1, 0.15) is 30.5 Å². The van der Waals surface area contributed by atoms with E-state index in [-0.39, 0.29) is 17.0 Å². The van der Waals surface area contributed by atoms with Gasteiger partial charge in [-0.1, -0.05) is 30.7 Å². The topological polar surface area (TPSA) is 29.5 Å². The summed E-state index contributed by atoms with van der Waals surface area (Å²) in [6, 6.07) is 1.16. The maximum atomic E-state index is 14.4. The second kappa shape index (κ2) is 10.5. The first-order chi connectivity index (χ1) is 15.4. The fraction of sp³-hybridized carbons (Fsp3) is 0.316. The van der Waals surface area contributed by atoms with Gasteiger partial charge in [0, 0.05) is 0 Å². The van der Waals surface area contributed by atoms with Crippen LogP contribution in [0, 0.1) is 18.6 Å². The van der Waals surface area contributed by atoms with E-state index in [1.807, 2.05) is 13.8 Å². The average molecular weight is 507 g/mol. The molecule has 0 aromatic heterocycles. The molecule has 2 aromatic rings. The quantitative estimate of drug-likeness (QED) is 0.285. The lowest BCUT2D eigenvalue weighted by Crippen LogP contribution is -2.55. The molecule has 0 aliphatic carbocycles. The SMILES string of the molecule is CC.[B]C([B])([B])N(C(=O)Oc1c(C)cc(C(F)(F)F)cc1C(F)(F)F)c1ccc(F)c(Cl)c1F. The van der Waals surface area contributed by atoms with E-state index in [1.165, 1.54) is 0 Å². The summed E-state index contributed by atoms with van der Waals surface area (Å²) < 4.78 is 111. The third-order valence-corrected chi connectivity index (χ3v) is 4.27. The third kappa shape index (κ3) is 6.61. The summed E-state index contributed by atoms with van der Waals surface area (Å²) in [5, 5.41) is -3.96. The number of carbonyl (C=O) groups excluding carboxylic acids is 1. The Morgan fingerprint density at radius 3 is 1.94 bits per heavy atom. The lowest BCUT2D eigenvalue weighted by molar-refractivity contribution is -0.143. The number of carbonyl (C=O) groups is 1. The summed E-state index contributed by atoms with van der Waals surface area (Å²) in [5.74, 6) is -4.23. The maximum Gasteiger partial charge on any atom is 0.420 e. The molecular weight excluding hydrogens is 494 g/mol. The van der Waals surface area contributed by atoms with Crippen molar-refractivity contribution in [1.82, 2.24) is 0 Å². The number of anilines is 1. The van der Waals surface area contributed by atoms with E-state index >= 15 is 0 Å². The highest BCUT2D eigenvalue weighted by atomic mass is 35.5. The molecule has 1 amide bonds. The van der Waals surface area contributed by atoms with Gasteiger partial charge in [-0.15, -0.1) is 0 Å². The van der Waals surface area contributed by atoms with E-state index in [1.54, 1.807) is 0 Å². The molecule has 15 heteroatoms. The number of hydrogen-bond donors (Lipinski definition) is 0. The fourth-order valence-electron chi connectivity index (χ4n) is 2.57. The van der Waals surface area contributed by atoms with Gasteiger partial charge in [-0.3, -0.25) is 4.90 Å². The number of amides is 1. The number of ether oxygens (including phenoxy) is 1. The molecule has 0 aliphatic heterocycles. The molecule has 0 fully saturated rings. The van der Waals surface area contributed by atoms with Crippen molar-refractivity contribution in [3.63, 3.8) is 0 Å². The molecule has 2 aromatic carbocycles. The minimum atomic E-state index is -5.40. The summed E-state index contributed by atoms with van der Waals surface area (Å²) in [4.78, 5) is 12.5. The monoisotopic (exact) mass is 507 g/mol. The van der Waals surface area contributed by atoms with E-state index in [9.17, 15) is 39.9 Å². The molecule has 0 aliphatic rings. The Bertz CT molecular complexity index is 1060. The number of halogens is 9. The highest BCUT2D eigenvalue weighted by Crippen LogP contribution is 2.43. The first-order valence-corrected chi connectivity index (χ1v) is 9.54. The van der Waals surface area contributed by atoms with E-state index < -0.39 is 68.5 Å². The number of alkyl halides is 6. The van der Waals surface area contributed by atoms with Crippen LogP contribution in [-0.2, 0) is 12.4 Å². The van der Waals surface area contributed by atoms with Gasteiger partial charge < -0.3 is 4.74 Å². The van der Waals surface area contributed by atoms with E-state index in [0.29, 0.717) is 12.1 Å². The van der Waals surface area contributed by atoms with Gasteiger partial charge in [0.2, 0.25) is 0 Å². The van der Waals surface area contributed by atoms with Gasteiger partial charge in [0.1, 0.15) is 16.6 Å². The van der Waals surface area contributed by atoms with Gasteiger partial charge in [-0.05, 0) is 36.8 Å². The zero-order valence-corrected chi connectivity index (χ0v) is 18.5. The van der Waals surface area contributed by atoms with Gasteiger partial charge in [-0.25, -0.2) is 13.6 Å².